The Morgan fingerprint density at radius 3 is 2.25 bits per heavy atom. The summed E-state index contributed by atoms with van der Waals surface area (Å²) in [7, 11) is 2.88. The molecule has 0 aromatic heterocycles. The van der Waals surface area contributed by atoms with Crippen LogP contribution in [0.15, 0.2) is 72.3 Å². The van der Waals surface area contributed by atoms with Crippen LogP contribution in [-0.2, 0) is 25.5 Å². The van der Waals surface area contributed by atoms with Crippen LogP contribution in [-0.4, -0.2) is 37.0 Å². The standard InChI is InChI=1S/C29H27NO6/c1-17-7-5-6-8-22(17)26-25(27(32)20-11-14-23(35-3)18(2)15-20)28(33)29(34)30(26)21-12-9-19(10-13-21)16-24(31)36-4/h5-15,26,32H,16H2,1-4H3/b27-25+. The first-order valence-corrected chi connectivity index (χ1v) is 11.4. The first kappa shape index (κ1) is 24.7. The summed E-state index contributed by atoms with van der Waals surface area (Å²) in [5.74, 6) is -1.49. The normalized spacial score (nSPS) is 16.8. The number of esters is 1. The van der Waals surface area contributed by atoms with Crippen molar-refractivity contribution in [3.05, 3.63) is 100 Å². The molecule has 1 saturated heterocycles. The summed E-state index contributed by atoms with van der Waals surface area (Å²) in [6, 6.07) is 18.5. The summed E-state index contributed by atoms with van der Waals surface area (Å²) in [5.41, 5.74) is 3.99. The van der Waals surface area contributed by atoms with Crippen molar-refractivity contribution in [1.29, 1.82) is 0 Å². The molecule has 1 heterocycles. The fourth-order valence-electron chi connectivity index (χ4n) is 4.48. The van der Waals surface area contributed by atoms with Gasteiger partial charge in [0.15, 0.2) is 0 Å². The Balaban J connectivity index is 1.87. The lowest BCUT2D eigenvalue weighted by Gasteiger charge is -2.27. The van der Waals surface area contributed by atoms with E-state index < -0.39 is 17.7 Å². The molecule has 1 aliphatic rings. The van der Waals surface area contributed by atoms with Crippen LogP contribution in [0.3, 0.4) is 0 Å². The molecule has 1 fully saturated rings. The molecule has 7 nitrogen and oxygen atoms in total. The van der Waals surface area contributed by atoms with Crippen molar-refractivity contribution in [1.82, 2.24) is 0 Å². The summed E-state index contributed by atoms with van der Waals surface area (Å²) in [6.45, 7) is 3.73. The average Bonchev–Trinajstić information content (AvgIpc) is 3.14. The quantitative estimate of drug-likeness (QED) is 0.236. The third kappa shape index (κ3) is 4.47. The van der Waals surface area contributed by atoms with Gasteiger partial charge in [0, 0.05) is 11.3 Å². The van der Waals surface area contributed by atoms with E-state index in [2.05, 4.69) is 0 Å². The van der Waals surface area contributed by atoms with E-state index in [0.717, 1.165) is 16.7 Å². The molecule has 1 N–H and O–H groups in total. The highest BCUT2D eigenvalue weighted by molar-refractivity contribution is 6.51. The second-order valence-electron chi connectivity index (χ2n) is 8.63. The largest absolute Gasteiger partial charge is 0.507 e. The Kier molecular flexibility index (Phi) is 6.92. The zero-order chi connectivity index (χ0) is 26.0. The minimum absolute atomic E-state index is 0.0116. The van der Waals surface area contributed by atoms with Gasteiger partial charge in [0.25, 0.3) is 11.7 Å². The SMILES string of the molecule is COC(=O)Cc1ccc(N2C(=O)C(=O)/C(=C(/O)c3ccc(OC)c(C)c3)C2c2ccccc2C)cc1. The van der Waals surface area contributed by atoms with Crippen LogP contribution in [0.2, 0.25) is 0 Å². The minimum Gasteiger partial charge on any atom is -0.507 e. The second-order valence-corrected chi connectivity index (χ2v) is 8.63. The molecule has 1 atom stereocenters. The summed E-state index contributed by atoms with van der Waals surface area (Å²) in [6.07, 6.45) is 0.0909. The molecule has 7 heteroatoms. The van der Waals surface area contributed by atoms with Crippen molar-refractivity contribution in [2.24, 2.45) is 0 Å². The van der Waals surface area contributed by atoms with Gasteiger partial charge >= 0.3 is 5.97 Å². The van der Waals surface area contributed by atoms with Crippen LogP contribution in [0.1, 0.15) is 33.9 Å². The average molecular weight is 486 g/mol. The van der Waals surface area contributed by atoms with Gasteiger partial charge in [-0.2, -0.15) is 0 Å². The van der Waals surface area contributed by atoms with E-state index in [-0.39, 0.29) is 23.7 Å². The van der Waals surface area contributed by atoms with E-state index in [1.807, 2.05) is 38.1 Å². The zero-order valence-corrected chi connectivity index (χ0v) is 20.6. The summed E-state index contributed by atoms with van der Waals surface area (Å²) in [5, 5.41) is 11.3. The number of aliphatic hydroxyl groups is 1. The van der Waals surface area contributed by atoms with E-state index in [4.69, 9.17) is 9.47 Å². The van der Waals surface area contributed by atoms with Crippen molar-refractivity contribution in [2.75, 3.05) is 19.1 Å². The molecule has 4 rings (SSSR count). The summed E-state index contributed by atoms with van der Waals surface area (Å²) in [4.78, 5) is 39.8. The molecular weight excluding hydrogens is 458 g/mol. The van der Waals surface area contributed by atoms with Gasteiger partial charge in [0.2, 0.25) is 0 Å². The van der Waals surface area contributed by atoms with E-state index in [0.29, 0.717) is 22.6 Å². The number of anilines is 1. The molecule has 1 aliphatic heterocycles. The number of hydrogen-bond acceptors (Lipinski definition) is 6. The molecule has 3 aromatic rings. The van der Waals surface area contributed by atoms with Gasteiger partial charge < -0.3 is 14.6 Å². The van der Waals surface area contributed by atoms with Crippen molar-refractivity contribution >= 4 is 29.1 Å². The first-order valence-electron chi connectivity index (χ1n) is 11.4. The molecule has 3 aromatic carbocycles. The zero-order valence-electron chi connectivity index (χ0n) is 20.6. The van der Waals surface area contributed by atoms with Gasteiger partial charge in [0.1, 0.15) is 11.5 Å². The molecule has 0 spiro atoms. The van der Waals surface area contributed by atoms with Crippen molar-refractivity contribution in [3.63, 3.8) is 0 Å². The number of amides is 1. The number of hydrogen-bond donors (Lipinski definition) is 1. The van der Waals surface area contributed by atoms with Gasteiger partial charge in [-0.15, -0.1) is 0 Å². The highest BCUT2D eigenvalue weighted by Gasteiger charge is 2.47. The maximum absolute atomic E-state index is 13.4. The highest BCUT2D eigenvalue weighted by Crippen LogP contribution is 2.43. The number of rotatable bonds is 6. The van der Waals surface area contributed by atoms with Crippen LogP contribution in [0.25, 0.3) is 5.76 Å². The predicted molar refractivity (Wildman–Crippen MR) is 136 cm³/mol. The Morgan fingerprint density at radius 1 is 0.944 bits per heavy atom. The van der Waals surface area contributed by atoms with Crippen molar-refractivity contribution in [2.45, 2.75) is 26.3 Å². The Hall–Kier alpha value is -4.39. The van der Waals surface area contributed by atoms with E-state index in [9.17, 15) is 19.5 Å². The Bertz CT molecular complexity index is 1370. The molecule has 0 saturated carbocycles. The maximum Gasteiger partial charge on any atom is 0.309 e. The number of carbonyl (C=O) groups excluding carboxylic acids is 3. The van der Waals surface area contributed by atoms with Crippen LogP contribution in [0.5, 0.6) is 5.75 Å². The number of carbonyl (C=O) groups is 3. The lowest BCUT2D eigenvalue weighted by atomic mass is 9.92. The highest BCUT2D eigenvalue weighted by atomic mass is 16.5. The lowest BCUT2D eigenvalue weighted by molar-refractivity contribution is -0.139. The molecule has 184 valence electrons. The molecule has 1 unspecified atom stereocenters. The van der Waals surface area contributed by atoms with Crippen molar-refractivity contribution < 1.29 is 29.0 Å². The van der Waals surface area contributed by atoms with Gasteiger partial charge in [-0.25, -0.2) is 0 Å². The molecule has 0 aliphatic carbocycles. The van der Waals surface area contributed by atoms with Gasteiger partial charge in [-0.1, -0.05) is 36.4 Å². The van der Waals surface area contributed by atoms with Gasteiger partial charge in [-0.05, 0) is 66.4 Å². The molecule has 0 radical (unpaired) electrons. The third-order valence-corrected chi connectivity index (χ3v) is 6.39. The summed E-state index contributed by atoms with van der Waals surface area (Å²) >= 11 is 0. The van der Waals surface area contributed by atoms with Crippen molar-refractivity contribution in [3.8, 4) is 5.75 Å². The van der Waals surface area contributed by atoms with Crippen LogP contribution in [0, 0.1) is 13.8 Å². The Labute approximate surface area is 209 Å². The number of ether oxygens (including phenoxy) is 2. The van der Waals surface area contributed by atoms with Gasteiger partial charge in [0.05, 0.1) is 32.3 Å². The number of Topliss-reactive ketones (excluding diaryl/α,β-unsaturated/α-hetero) is 1. The molecule has 1 amide bonds. The predicted octanol–water partition coefficient (Wildman–Crippen LogP) is 4.65. The number of benzene rings is 3. The minimum atomic E-state index is -0.833. The smallest absolute Gasteiger partial charge is 0.309 e. The van der Waals surface area contributed by atoms with E-state index in [1.54, 1.807) is 49.6 Å². The van der Waals surface area contributed by atoms with Crippen LogP contribution >= 0.6 is 0 Å². The first-order chi connectivity index (χ1) is 17.3. The topological polar surface area (TPSA) is 93.1 Å². The fraction of sp³-hybridized carbons (Fsp3) is 0.207. The van der Waals surface area contributed by atoms with Gasteiger partial charge in [-0.3, -0.25) is 19.3 Å². The maximum atomic E-state index is 13.4. The number of ketones is 1. The monoisotopic (exact) mass is 485 g/mol. The molecular formula is C29H27NO6. The summed E-state index contributed by atoms with van der Waals surface area (Å²) < 4.78 is 10.0. The number of methoxy groups -OCH3 is 2. The van der Waals surface area contributed by atoms with Crippen LogP contribution in [0.4, 0.5) is 5.69 Å². The molecule has 36 heavy (non-hydrogen) atoms. The molecule has 0 bridgehead atoms. The number of nitrogens with zero attached hydrogens (tertiary/aromatic N) is 1. The van der Waals surface area contributed by atoms with E-state index >= 15 is 0 Å². The fourth-order valence-corrected chi connectivity index (χ4v) is 4.48. The number of aryl methyl sites for hydroxylation is 2. The third-order valence-electron chi connectivity index (χ3n) is 6.39. The van der Waals surface area contributed by atoms with Crippen LogP contribution < -0.4 is 9.64 Å². The van der Waals surface area contributed by atoms with E-state index in [1.165, 1.54) is 12.0 Å². The number of aliphatic hydroxyl groups excluding tert-OH is 1. The lowest BCUT2D eigenvalue weighted by Crippen LogP contribution is -2.29. The second kappa shape index (κ2) is 10.1. The Morgan fingerprint density at radius 2 is 1.64 bits per heavy atom.